The van der Waals surface area contributed by atoms with E-state index >= 15 is 0 Å². The molecule has 1 saturated heterocycles. The van der Waals surface area contributed by atoms with Gasteiger partial charge in [0.15, 0.2) is 11.5 Å². The van der Waals surface area contributed by atoms with E-state index < -0.39 is 0 Å². The number of morpholine rings is 1. The van der Waals surface area contributed by atoms with E-state index in [9.17, 15) is 4.79 Å². The molecule has 1 aromatic carbocycles. The first-order chi connectivity index (χ1) is 13.7. The Bertz CT molecular complexity index is 916. The van der Waals surface area contributed by atoms with E-state index in [0.29, 0.717) is 25.5 Å². The Morgan fingerprint density at radius 3 is 2.86 bits per heavy atom. The maximum Gasteiger partial charge on any atom is 0.273 e. The van der Waals surface area contributed by atoms with Gasteiger partial charge in [0.25, 0.3) is 5.91 Å². The summed E-state index contributed by atoms with van der Waals surface area (Å²) in [5.74, 6) is 0.413. The van der Waals surface area contributed by atoms with Crippen LogP contribution in [0.25, 0.3) is 5.69 Å². The minimum absolute atomic E-state index is 0.215. The maximum atomic E-state index is 12.6. The van der Waals surface area contributed by atoms with Crippen molar-refractivity contribution in [3.8, 4) is 5.69 Å². The number of aromatic nitrogens is 3. The first-order valence-corrected chi connectivity index (χ1v) is 9.36. The second-order valence-corrected chi connectivity index (χ2v) is 6.77. The quantitative estimate of drug-likeness (QED) is 0.704. The predicted molar refractivity (Wildman–Crippen MR) is 102 cm³/mol. The van der Waals surface area contributed by atoms with E-state index in [0.717, 1.165) is 24.3 Å². The minimum atomic E-state index is -0.264. The fourth-order valence-electron chi connectivity index (χ4n) is 3.30. The van der Waals surface area contributed by atoms with Crippen molar-refractivity contribution in [3.05, 3.63) is 65.8 Å². The molecular weight excluding hydrogens is 358 g/mol. The number of nitrogens with zero attached hydrogens (tertiary/aromatic N) is 4. The zero-order valence-corrected chi connectivity index (χ0v) is 15.7. The van der Waals surface area contributed by atoms with Crippen LogP contribution >= 0.6 is 0 Å². The smallest absolute Gasteiger partial charge is 0.273 e. The summed E-state index contributed by atoms with van der Waals surface area (Å²) >= 11 is 0. The lowest BCUT2D eigenvalue weighted by Crippen LogP contribution is -2.35. The molecule has 0 saturated carbocycles. The molecule has 1 aliphatic heterocycles. The number of amides is 1. The van der Waals surface area contributed by atoms with E-state index in [-0.39, 0.29) is 17.6 Å². The van der Waals surface area contributed by atoms with Crippen LogP contribution in [0.5, 0.6) is 0 Å². The highest BCUT2D eigenvalue weighted by Crippen LogP contribution is 2.21. The predicted octanol–water partition coefficient (Wildman–Crippen LogP) is 2.18. The Hall–Kier alpha value is -2.97. The highest BCUT2D eigenvalue weighted by Gasteiger charge is 2.20. The Balaban J connectivity index is 1.43. The molecule has 1 N–H and O–H groups in total. The van der Waals surface area contributed by atoms with Crippen molar-refractivity contribution in [1.82, 2.24) is 25.2 Å². The van der Waals surface area contributed by atoms with Crippen LogP contribution in [-0.4, -0.2) is 52.0 Å². The number of carbonyl (C=O) groups excluding carboxylic acids is 1. The summed E-state index contributed by atoms with van der Waals surface area (Å²) in [6.07, 6.45) is 3.61. The second-order valence-electron chi connectivity index (χ2n) is 6.77. The Morgan fingerprint density at radius 1 is 1.25 bits per heavy atom. The fourth-order valence-corrected chi connectivity index (χ4v) is 3.30. The van der Waals surface area contributed by atoms with Crippen LogP contribution in [-0.2, 0) is 11.3 Å². The zero-order valence-electron chi connectivity index (χ0n) is 15.7. The molecule has 3 aromatic rings. The lowest BCUT2D eigenvalue weighted by molar-refractivity contribution is 0.0305. The van der Waals surface area contributed by atoms with Crippen LogP contribution in [0.1, 0.15) is 34.8 Å². The molecule has 0 bridgehead atoms. The molecule has 146 valence electrons. The van der Waals surface area contributed by atoms with Crippen molar-refractivity contribution in [3.63, 3.8) is 0 Å². The summed E-state index contributed by atoms with van der Waals surface area (Å²) in [5.41, 5.74) is 2.18. The van der Waals surface area contributed by atoms with E-state index in [1.54, 1.807) is 16.9 Å². The summed E-state index contributed by atoms with van der Waals surface area (Å²) < 4.78 is 12.5. The average molecular weight is 381 g/mol. The normalized spacial score (nSPS) is 16.0. The molecule has 8 heteroatoms. The topological polar surface area (TPSA) is 85.4 Å². The third-order valence-electron chi connectivity index (χ3n) is 4.78. The zero-order chi connectivity index (χ0) is 19.3. The van der Waals surface area contributed by atoms with Gasteiger partial charge in [0, 0.05) is 31.5 Å². The number of ether oxygens (including phenoxy) is 1. The largest absolute Gasteiger partial charge is 0.379 e. The molecule has 1 atom stereocenters. The molecule has 3 heterocycles. The molecule has 4 rings (SSSR count). The number of rotatable bonds is 6. The summed E-state index contributed by atoms with van der Waals surface area (Å²) in [4.78, 5) is 14.9. The van der Waals surface area contributed by atoms with Gasteiger partial charge in [-0.1, -0.05) is 23.4 Å². The SMILES string of the molecule is C[C@H](NC(=O)c1cc(CN2CCOCC2)on1)c1ccccc1-n1cccn1. The first kappa shape index (κ1) is 18.4. The van der Waals surface area contributed by atoms with Crippen molar-refractivity contribution < 1.29 is 14.1 Å². The highest BCUT2D eigenvalue weighted by atomic mass is 16.5. The molecule has 1 fully saturated rings. The summed E-state index contributed by atoms with van der Waals surface area (Å²) in [6, 6.07) is 11.2. The highest BCUT2D eigenvalue weighted by molar-refractivity contribution is 5.92. The molecule has 1 amide bonds. The van der Waals surface area contributed by atoms with Crippen molar-refractivity contribution in [2.24, 2.45) is 0 Å². The second kappa shape index (κ2) is 8.37. The number of para-hydroxylation sites is 1. The fraction of sp³-hybridized carbons (Fsp3) is 0.350. The van der Waals surface area contributed by atoms with Gasteiger partial charge in [-0.15, -0.1) is 0 Å². The van der Waals surface area contributed by atoms with Gasteiger partial charge in [-0.05, 0) is 24.6 Å². The van der Waals surface area contributed by atoms with Crippen LogP contribution < -0.4 is 5.32 Å². The van der Waals surface area contributed by atoms with Crippen LogP contribution in [0.4, 0.5) is 0 Å². The third-order valence-corrected chi connectivity index (χ3v) is 4.78. The Kier molecular flexibility index (Phi) is 5.50. The molecule has 8 nitrogen and oxygen atoms in total. The van der Waals surface area contributed by atoms with Gasteiger partial charge in [-0.3, -0.25) is 9.69 Å². The maximum absolute atomic E-state index is 12.6. The van der Waals surface area contributed by atoms with Gasteiger partial charge in [0.05, 0.1) is 31.5 Å². The molecular formula is C20H23N5O3. The van der Waals surface area contributed by atoms with E-state index in [4.69, 9.17) is 9.26 Å². The lowest BCUT2D eigenvalue weighted by atomic mass is 10.1. The van der Waals surface area contributed by atoms with Crippen LogP contribution in [0.3, 0.4) is 0 Å². The lowest BCUT2D eigenvalue weighted by Gasteiger charge is -2.25. The molecule has 1 aliphatic rings. The van der Waals surface area contributed by atoms with Crippen LogP contribution in [0, 0.1) is 0 Å². The Labute approximate surface area is 163 Å². The Morgan fingerprint density at radius 2 is 2.07 bits per heavy atom. The number of nitrogens with one attached hydrogen (secondary N) is 1. The van der Waals surface area contributed by atoms with Gasteiger partial charge >= 0.3 is 0 Å². The number of carbonyl (C=O) groups is 1. The summed E-state index contributed by atoms with van der Waals surface area (Å²) in [7, 11) is 0. The summed E-state index contributed by atoms with van der Waals surface area (Å²) in [6.45, 7) is 5.70. The van der Waals surface area contributed by atoms with Gasteiger partial charge < -0.3 is 14.6 Å². The van der Waals surface area contributed by atoms with Gasteiger partial charge in [-0.2, -0.15) is 5.10 Å². The third kappa shape index (κ3) is 4.13. The van der Waals surface area contributed by atoms with Crippen molar-refractivity contribution >= 4 is 5.91 Å². The van der Waals surface area contributed by atoms with Crippen LogP contribution in [0.15, 0.2) is 53.3 Å². The van der Waals surface area contributed by atoms with Gasteiger partial charge in [0.2, 0.25) is 0 Å². The van der Waals surface area contributed by atoms with E-state index in [1.165, 1.54) is 0 Å². The van der Waals surface area contributed by atoms with Crippen molar-refractivity contribution in [1.29, 1.82) is 0 Å². The van der Waals surface area contributed by atoms with Gasteiger partial charge in [0.1, 0.15) is 0 Å². The van der Waals surface area contributed by atoms with Crippen LogP contribution in [0.2, 0.25) is 0 Å². The van der Waals surface area contributed by atoms with E-state index in [1.807, 2.05) is 43.5 Å². The molecule has 2 aromatic heterocycles. The van der Waals surface area contributed by atoms with Crippen molar-refractivity contribution in [2.75, 3.05) is 26.3 Å². The molecule has 0 aliphatic carbocycles. The number of hydrogen-bond acceptors (Lipinski definition) is 6. The standard InChI is InChI=1S/C20H23N5O3/c1-15(17-5-2-3-6-19(17)25-8-4-7-21-25)22-20(26)18-13-16(28-23-18)14-24-9-11-27-12-10-24/h2-8,13,15H,9-12,14H2,1H3,(H,22,26)/t15-/m0/s1. The molecule has 28 heavy (non-hydrogen) atoms. The molecule has 0 unspecified atom stereocenters. The number of hydrogen-bond donors (Lipinski definition) is 1. The minimum Gasteiger partial charge on any atom is -0.379 e. The number of benzene rings is 1. The van der Waals surface area contributed by atoms with Crippen molar-refractivity contribution in [2.45, 2.75) is 19.5 Å². The van der Waals surface area contributed by atoms with E-state index in [2.05, 4.69) is 20.5 Å². The average Bonchev–Trinajstić information content (AvgIpc) is 3.41. The molecule has 0 radical (unpaired) electrons. The monoisotopic (exact) mass is 381 g/mol. The van der Waals surface area contributed by atoms with Gasteiger partial charge in [-0.25, -0.2) is 4.68 Å². The molecule has 0 spiro atoms. The first-order valence-electron chi connectivity index (χ1n) is 9.36. The summed E-state index contributed by atoms with van der Waals surface area (Å²) in [5, 5.41) is 11.2.